The molecule has 1 amide bonds. The van der Waals surface area contributed by atoms with E-state index in [1.165, 1.54) is 11.1 Å². The fourth-order valence-corrected chi connectivity index (χ4v) is 2.98. The summed E-state index contributed by atoms with van der Waals surface area (Å²) in [5.41, 5.74) is 2.77. The molecule has 3 rings (SSSR count). The first-order chi connectivity index (χ1) is 9.81. The van der Waals surface area contributed by atoms with Crippen LogP contribution in [0.4, 0.5) is 0 Å². The van der Waals surface area contributed by atoms with Crippen LogP contribution in [0.3, 0.4) is 0 Å². The minimum Gasteiger partial charge on any atom is -0.376 e. The van der Waals surface area contributed by atoms with Crippen molar-refractivity contribution in [1.29, 1.82) is 0 Å². The predicted molar refractivity (Wildman–Crippen MR) is 77.4 cm³/mol. The zero-order chi connectivity index (χ0) is 13.8. The molecule has 4 nitrogen and oxygen atoms in total. The molecular formula is C16H22N2O2. The first-order valence-electron chi connectivity index (χ1n) is 7.49. The van der Waals surface area contributed by atoms with Crippen LogP contribution in [0.1, 0.15) is 24.0 Å². The van der Waals surface area contributed by atoms with Crippen LogP contribution in [-0.2, 0) is 22.5 Å². The van der Waals surface area contributed by atoms with Crippen LogP contribution in [0.15, 0.2) is 24.3 Å². The highest BCUT2D eigenvalue weighted by molar-refractivity contribution is 5.78. The second-order valence-electron chi connectivity index (χ2n) is 5.67. The lowest BCUT2D eigenvalue weighted by Crippen LogP contribution is -2.41. The second-order valence-corrected chi connectivity index (χ2v) is 5.67. The van der Waals surface area contributed by atoms with E-state index in [-0.39, 0.29) is 12.0 Å². The Labute approximate surface area is 120 Å². The third-order valence-corrected chi connectivity index (χ3v) is 4.13. The number of nitrogens with zero attached hydrogens (tertiary/aromatic N) is 1. The van der Waals surface area contributed by atoms with E-state index in [0.29, 0.717) is 13.1 Å². The van der Waals surface area contributed by atoms with Crippen LogP contribution in [-0.4, -0.2) is 43.2 Å². The Morgan fingerprint density at radius 2 is 2.20 bits per heavy atom. The standard InChI is InChI=1S/C16H22N2O2/c19-16(17-10-15-6-3-9-20-15)12-18-8-7-13-4-1-2-5-14(13)11-18/h1-2,4-5,15H,3,6-12H2,(H,17,19). The lowest BCUT2D eigenvalue weighted by atomic mass is 10.00. The van der Waals surface area contributed by atoms with E-state index in [9.17, 15) is 4.79 Å². The number of fused-ring (bicyclic) bond motifs is 1. The third kappa shape index (κ3) is 3.38. The highest BCUT2D eigenvalue weighted by Crippen LogP contribution is 2.18. The molecule has 1 N–H and O–H groups in total. The van der Waals surface area contributed by atoms with Gasteiger partial charge in [-0.2, -0.15) is 0 Å². The summed E-state index contributed by atoms with van der Waals surface area (Å²) in [7, 11) is 0. The van der Waals surface area contributed by atoms with Crippen molar-refractivity contribution in [3.8, 4) is 0 Å². The minimum atomic E-state index is 0.111. The van der Waals surface area contributed by atoms with Crippen LogP contribution in [0.2, 0.25) is 0 Å². The Morgan fingerprint density at radius 3 is 3.00 bits per heavy atom. The summed E-state index contributed by atoms with van der Waals surface area (Å²) < 4.78 is 5.51. The molecule has 1 saturated heterocycles. The van der Waals surface area contributed by atoms with Crippen LogP contribution in [0.5, 0.6) is 0 Å². The molecule has 1 aromatic rings. The van der Waals surface area contributed by atoms with Crippen molar-refractivity contribution < 1.29 is 9.53 Å². The summed E-state index contributed by atoms with van der Waals surface area (Å²) in [6, 6.07) is 8.50. The molecule has 0 radical (unpaired) electrons. The van der Waals surface area contributed by atoms with Crippen molar-refractivity contribution in [2.45, 2.75) is 31.9 Å². The summed E-state index contributed by atoms with van der Waals surface area (Å²) in [6.07, 6.45) is 3.44. The quantitative estimate of drug-likeness (QED) is 0.901. The highest BCUT2D eigenvalue weighted by atomic mass is 16.5. The number of hydrogen-bond acceptors (Lipinski definition) is 3. The van der Waals surface area contributed by atoms with Crippen molar-refractivity contribution in [2.24, 2.45) is 0 Å². The first-order valence-corrected chi connectivity index (χ1v) is 7.49. The fraction of sp³-hybridized carbons (Fsp3) is 0.562. The fourth-order valence-electron chi connectivity index (χ4n) is 2.98. The summed E-state index contributed by atoms with van der Waals surface area (Å²) in [5, 5.41) is 2.99. The maximum Gasteiger partial charge on any atom is 0.234 e. The van der Waals surface area contributed by atoms with Crippen LogP contribution >= 0.6 is 0 Å². The van der Waals surface area contributed by atoms with E-state index in [2.05, 4.69) is 34.5 Å². The maximum absolute atomic E-state index is 12.0. The molecule has 0 aromatic heterocycles. The van der Waals surface area contributed by atoms with Gasteiger partial charge in [0.1, 0.15) is 0 Å². The number of carbonyl (C=O) groups is 1. The van der Waals surface area contributed by atoms with Gasteiger partial charge in [0.15, 0.2) is 0 Å². The van der Waals surface area contributed by atoms with Gasteiger partial charge < -0.3 is 10.1 Å². The van der Waals surface area contributed by atoms with Crippen LogP contribution in [0.25, 0.3) is 0 Å². The van der Waals surface area contributed by atoms with E-state index < -0.39 is 0 Å². The molecule has 4 heteroatoms. The number of nitrogens with one attached hydrogen (secondary N) is 1. The molecule has 2 heterocycles. The van der Waals surface area contributed by atoms with Crippen molar-refractivity contribution in [3.05, 3.63) is 35.4 Å². The van der Waals surface area contributed by atoms with Gasteiger partial charge in [-0.05, 0) is 30.4 Å². The van der Waals surface area contributed by atoms with E-state index in [1.807, 2.05) is 0 Å². The smallest absolute Gasteiger partial charge is 0.234 e. The molecule has 1 fully saturated rings. The minimum absolute atomic E-state index is 0.111. The summed E-state index contributed by atoms with van der Waals surface area (Å²) in [6.45, 7) is 3.82. The van der Waals surface area contributed by atoms with Gasteiger partial charge in [-0.15, -0.1) is 0 Å². The molecular weight excluding hydrogens is 252 g/mol. The maximum atomic E-state index is 12.0. The summed E-state index contributed by atoms with van der Waals surface area (Å²) in [4.78, 5) is 14.2. The molecule has 0 saturated carbocycles. The number of carbonyl (C=O) groups excluding carboxylic acids is 1. The average Bonchev–Trinajstić information content (AvgIpc) is 2.98. The van der Waals surface area contributed by atoms with Gasteiger partial charge in [0, 0.05) is 26.2 Å². The van der Waals surface area contributed by atoms with Crippen LogP contribution < -0.4 is 5.32 Å². The molecule has 1 atom stereocenters. The molecule has 108 valence electrons. The largest absolute Gasteiger partial charge is 0.376 e. The molecule has 0 aliphatic carbocycles. The van der Waals surface area contributed by atoms with Gasteiger partial charge in [-0.1, -0.05) is 24.3 Å². The molecule has 0 spiro atoms. The zero-order valence-electron chi connectivity index (χ0n) is 11.8. The zero-order valence-corrected chi connectivity index (χ0v) is 11.8. The van der Waals surface area contributed by atoms with Crippen molar-refractivity contribution in [3.63, 3.8) is 0 Å². The average molecular weight is 274 g/mol. The summed E-state index contributed by atoms with van der Waals surface area (Å²) >= 11 is 0. The Kier molecular flexibility index (Phi) is 4.33. The monoisotopic (exact) mass is 274 g/mol. The van der Waals surface area contributed by atoms with Gasteiger partial charge in [0.25, 0.3) is 0 Å². The number of hydrogen-bond donors (Lipinski definition) is 1. The first kappa shape index (κ1) is 13.6. The lowest BCUT2D eigenvalue weighted by Gasteiger charge is -2.28. The summed E-state index contributed by atoms with van der Waals surface area (Å²) in [5.74, 6) is 0.111. The van der Waals surface area contributed by atoms with E-state index >= 15 is 0 Å². The number of ether oxygens (including phenoxy) is 1. The molecule has 2 aliphatic heterocycles. The number of amides is 1. The molecule has 1 aromatic carbocycles. The van der Waals surface area contributed by atoms with E-state index in [1.54, 1.807) is 0 Å². The number of rotatable bonds is 4. The van der Waals surface area contributed by atoms with E-state index in [0.717, 1.165) is 39.0 Å². The van der Waals surface area contributed by atoms with Gasteiger partial charge in [-0.3, -0.25) is 9.69 Å². The highest BCUT2D eigenvalue weighted by Gasteiger charge is 2.19. The van der Waals surface area contributed by atoms with E-state index in [4.69, 9.17) is 4.74 Å². The predicted octanol–water partition coefficient (Wildman–Crippen LogP) is 1.34. The number of benzene rings is 1. The van der Waals surface area contributed by atoms with Gasteiger partial charge in [-0.25, -0.2) is 0 Å². The molecule has 1 unspecified atom stereocenters. The Morgan fingerprint density at radius 1 is 1.35 bits per heavy atom. The van der Waals surface area contributed by atoms with Gasteiger partial charge >= 0.3 is 0 Å². The van der Waals surface area contributed by atoms with Crippen molar-refractivity contribution in [1.82, 2.24) is 10.2 Å². The molecule has 0 bridgehead atoms. The van der Waals surface area contributed by atoms with Gasteiger partial charge in [0.05, 0.1) is 12.6 Å². The SMILES string of the molecule is O=C(CN1CCc2ccccc2C1)NCC1CCCO1. The molecule has 20 heavy (non-hydrogen) atoms. The Bertz CT molecular complexity index is 469. The second kappa shape index (κ2) is 6.37. The topological polar surface area (TPSA) is 41.6 Å². The Hall–Kier alpha value is -1.39. The van der Waals surface area contributed by atoms with Crippen molar-refractivity contribution >= 4 is 5.91 Å². The third-order valence-electron chi connectivity index (χ3n) is 4.13. The van der Waals surface area contributed by atoms with Gasteiger partial charge in [0.2, 0.25) is 5.91 Å². The lowest BCUT2D eigenvalue weighted by molar-refractivity contribution is -0.123. The molecule has 2 aliphatic rings. The Balaban J connectivity index is 1.45. The van der Waals surface area contributed by atoms with Crippen molar-refractivity contribution in [2.75, 3.05) is 26.2 Å². The normalized spacial score (nSPS) is 22.5. The van der Waals surface area contributed by atoms with Crippen LogP contribution in [0, 0.1) is 0 Å².